The van der Waals surface area contributed by atoms with E-state index in [0.717, 1.165) is 10.7 Å². The lowest BCUT2D eigenvalue weighted by atomic mass is 10.1. The Morgan fingerprint density at radius 3 is 2.43 bits per heavy atom. The van der Waals surface area contributed by atoms with Crippen LogP contribution in [-0.2, 0) is 16.6 Å². The summed E-state index contributed by atoms with van der Waals surface area (Å²) in [6.45, 7) is 1.38. The van der Waals surface area contributed by atoms with E-state index in [4.69, 9.17) is 0 Å². The molecule has 28 heavy (non-hydrogen) atoms. The number of nitrogens with one attached hydrogen (secondary N) is 1. The Hall–Kier alpha value is -2.91. The van der Waals surface area contributed by atoms with E-state index in [9.17, 15) is 22.0 Å². The van der Waals surface area contributed by atoms with E-state index in [1.165, 1.54) is 55.5 Å². The Morgan fingerprint density at radius 1 is 1.04 bits per heavy atom. The van der Waals surface area contributed by atoms with Crippen molar-refractivity contribution in [1.29, 1.82) is 0 Å². The monoisotopic (exact) mass is 405 g/mol. The number of rotatable bonds is 6. The minimum atomic E-state index is -3.85. The van der Waals surface area contributed by atoms with E-state index in [2.05, 4.69) is 9.82 Å². The molecule has 0 spiro atoms. The van der Waals surface area contributed by atoms with Crippen LogP contribution in [0.1, 0.15) is 5.56 Å². The van der Waals surface area contributed by atoms with E-state index in [1.54, 1.807) is 0 Å². The Labute approximate surface area is 160 Å². The molecule has 0 aliphatic rings. The first-order valence-corrected chi connectivity index (χ1v) is 9.84. The third kappa shape index (κ3) is 4.49. The van der Waals surface area contributed by atoms with Crippen LogP contribution in [0, 0.1) is 18.6 Å². The van der Waals surface area contributed by atoms with Gasteiger partial charge in [-0.3, -0.25) is 4.79 Å². The average molecular weight is 405 g/mol. The summed E-state index contributed by atoms with van der Waals surface area (Å²) in [6.07, 6.45) is 0. The van der Waals surface area contributed by atoms with Crippen molar-refractivity contribution in [2.75, 3.05) is 6.54 Å². The zero-order valence-electron chi connectivity index (χ0n) is 14.9. The first-order chi connectivity index (χ1) is 13.3. The maximum Gasteiger partial charge on any atom is 0.266 e. The van der Waals surface area contributed by atoms with Crippen molar-refractivity contribution in [3.05, 3.63) is 82.1 Å². The molecule has 3 aromatic rings. The van der Waals surface area contributed by atoms with E-state index < -0.39 is 21.4 Å². The van der Waals surface area contributed by atoms with E-state index in [-0.39, 0.29) is 29.4 Å². The fourth-order valence-electron chi connectivity index (χ4n) is 2.54. The zero-order valence-corrected chi connectivity index (χ0v) is 15.7. The van der Waals surface area contributed by atoms with Crippen LogP contribution in [-0.4, -0.2) is 24.7 Å². The van der Waals surface area contributed by atoms with Gasteiger partial charge in [-0.25, -0.2) is 26.6 Å². The van der Waals surface area contributed by atoms with Crippen LogP contribution < -0.4 is 10.3 Å². The Morgan fingerprint density at radius 2 is 1.75 bits per heavy atom. The van der Waals surface area contributed by atoms with Crippen molar-refractivity contribution in [3.8, 4) is 11.3 Å². The SMILES string of the molecule is Cc1cc(S(=O)(=O)NCCn2nc(-c3ccc(F)cc3)ccc2=O)ccc1F. The summed E-state index contributed by atoms with van der Waals surface area (Å²) in [5.41, 5.74) is 0.893. The van der Waals surface area contributed by atoms with Crippen LogP contribution in [0.15, 0.2) is 64.3 Å². The van der Waals surface area contributed by atoms with Crippen molar-refractivity contribution in [2.45, 2.75) is 18.4 Å². The Balaban J connectivity index is 1.73. The summed E-state index contributed by atoms with van der Waals surface area (Å²) in [4.78, 5) is 11.9. The fourth-order valence-corrected chi connectivity index (χ4v) is 3.64. The molecule has 1 heterocycles. The number of aryl methyl sites for hydroxylation is 1. The molecule has 146 valence electrons. The van der Waals surface area contributed by atoms with Gasteiger partial charge in [-0.1, -0.05) is 0 Å². The normalized spacial score (nSPS) is 11.5. The van der Waals surface area contributed by atoms with Gasteiger partial charge in [-0.2, -0.15) is 5.10 Å². The zero-order chi connectivity index (χ0) is 20.3. The molecule has 9 heteroatoms. The molecule has 0 bridgehead atoms. The molecule has 1 aromatic heterocycles. The standard InChI is InChI=1S/C19H17F2N3O3S/c1-13-12-16(6-7-17(13)21)28(26,27)22-10-11-24-19(25)9-8-18(23-24)14-2-4-15(20)5-3-14/h2-9,12,22H,10-11H2,1H3. The summed E-state index contributed by atoms with van der Waals surface area (Å²) in [6, 6.07) is 11.9. The quantitative estimate of drug-likeness (QED) is 0.683. The Kier molecular flexibility index (Phi) is 5.66. The summed E-state index contributed by atoms with van der Waals surface area (Å²) >= 11 is 0. The molecule has 0 atom stereocenters. The van der Waals surface area contributed by atoms with Crippen LogP contribution in [0.3, 0.4) is 0 Å². The number of hydrogen-bond acceptors (Lipinski definition) is 4. The summed E-state index contributed by atoms with van der Waals surface area (Å²) < 4.78 is 54.5. The molecule has 0 saturated heterocycles. The van der Waals surface area contributed by atoms with Crippen molar-refractivity contribution in [1.82, 2.24) is 14.5 Å². The summed E-state index contributed by atoms with van der Waals surface area (Å²) in [5, 5.41) is 4.19. The molecule has 6 nitrogen and oxygen atoms in total. The lowest BCUT2D eigenvalue weighted by Gasteiger charge is -2.10. The van der Waals surface area contributed by atoms with E-state index >= 15 is 0 Å². The number of aromatic nitrogens is 2. The maximum atomic E-state index is 13.3. The third-order valence-electron chi connectivity index (χ3n) is 4.06. The molecular weight excluding hydrogens is 388 g/mol. The van der Waals surface area contributed by atoms with E-state index in [0.29, 0.717) is 11.3 Å². The smallest absolute Gasteiger partial charge is 0.266 e. The minimum absolute atomic E-state index is 0.00667. The number of hydrogen-bond donors (Lipinski definition) is 1. The lowest BCUT2D eigenvalue weighted by molar-refractivity contribution is 0.548. The van der Waals surface area contributed by atoms with Crippen molar-refractivity contribution in [3.63, 3.8) is 0 Å². The van der Waals surface area contributed by atoms with Gasteiger partial charge in [0.05, 0.1) is 17.1 Å². The predicted octanol–water partition coefficient (Wildman–Crippen LogP) is 2.48. The second-order valence-corrected chi connectivity index (χ2v) is 7.86. The molecule has 0 aliphatic carbocycles. The molecule has 0 aliphatic heterocycles. The molecule has 0 fully saturated rings. The summed E-state index contributed by atoms with van der Waals surface area (Å²) in [7, 11) is -3.85. The molecule has 0 amide bonds. The maximum absolute atomic E-state index is 13.3. The predicted molar refractivity (Wildman–Crippen MR) is 100 cm³/mol. The van der Waals surface area contributed by atoms with Gasteiger partial charge in [0.15, 0.2) is 0 Å². The van der Waals surface area contributed by atoms with E-state index in [1.807, 2.05) is 0 Å². The van der Waals surface area contributed by atoms with Gasteiger partial charge in [0, 0.05) is 18.2 Å². The first kappa shape index (κ1) is 19.8. The van der Waals surface area contributed by atoms with Crippen LogP contribution in [0.25, 0.3) is 11.3 Å². The fraction of sp³-hybridized carbons (Fsp3) is 0.158. The molecular formula is C19H17F2N3O3S. The topological polar surface area (TPSA) is 81.1 Å². The molecule has 1 N–H and O–H groups in total. The van der Waals surface area contributed by atoms with Crippen molar-refractivity contribution < 1.29 is 17.2 Å². The molecule has 0 saturated carbocycles. The molecule has 0 radical (unpaired) electrons. The largest absolute Gasteiger partial charge is 0.268 e. The highest BCUT2D eigenvalue weighted by Crippen LogP contribution is 2.16. The number of halogens is 2. The molecule has 2 aromatic carbocycles. The summed E-state index contributed by atoms with van der Waals surface area (Å²) in [5.74, 6) is -0.880. The second-order valence-electron chi connectivity index (χ2n) is 6.10. The molecule has 0 unspecified atom stereocenters. The van der Waals surface area contributed by atoms with Gasteiger partial charge in [0.2, 0.25) is 10.0 Å². The van der Waals surface area contributed by atoms with Gasteiger partial charge < -0.3 is 0 Å². The average Bonchev–Trinajstić information content (AvgIpc) is 2.66. The van der Waals surface area contributed by atoms with Gasteiger partial charge in [-0.05, 0) is 61.0 Å². The highest BCUT2D eigenvalue weighted by molar-refractivity contribution is 7.89. The number of nitrogens with zero attached hydrogens (tertiary/aromatic N) is 2. The Bertz CT molecular complexity index is 1160. The van der Waals surface area contributed by atoms with Crippen LogP contribution >= 0.6 is 0 Å². The van der Waals surface area contributed by atoms with Crippen molar-refractivity contribution >= 4 is 10.0 Å². The second kappa shape index (κ2) is 7.99. The molecule has 3 rings (SSSR count). The van der Waals surface area contributed by atoms with Gasteiger partial charge in [0.25, 0.3) is 5.56 Å². The van der Waals surface area contributed by atoms with Crippen molar-refractivity contribution in [2.24, 2.45) is 0 Å². The third-order valence-corrected chi connectivity index (χ3v) is 5.52. The van der Waals surface area contributed by atoms with Gasteiger partial charge in [-0.15, -0.1) is 0 Å². The van der Waals surface area contributed by atoms with Crippen LogP contribution in [0.5, 0.6) is 0 Å². The van der Waals surface area contributed by atoms with Crippen LogP contribution in [0.4, 0.5) is 8.78 Å². The minimum Gasteiger partial charge on any atom is -0.268 e. The lowest BCUT2D eigenvalue weighted by Crippen LogP contribution is -2.32. The number of benzene rings is 2. The number of sulfonamides is 1. The highest BCUT2D eigenvalue weighted by Gasteiger charge is 2.15. The highest BCUT2D eigenvalue weighted by atomic mass is 32.2. The van der Waals surface area contributed by atoms with Gasteiger partial charge >= 0.3 is 0 Å². The van der Waals surface area contributed by atoms with Gasteiger partial charge in [0.1, 0.15) is 11.6 Å². The van der Waals surface area contributed by atoms with Crippen LogP contribution in [0.2, 0.25) is 0 Å². The first-order valence-electron chi connectivity index (χ1n) is 8.36.